The van der Waals surface area contributed by atoms with Crippen molar-refractivity contribution in [2.45, 2.75) is 31.7 Å². The number of benzene rings is 2. The fourth-order valence-electron chi connectivity index (χ4n) is 2.80. The quantitative estimate of drug-likeness (QED) is 0.844. The Morgan fingerprint density at radius 1 is 0.684 bits per heavy atom. The van der Waals surface area contributed by atoms with Crippen molar-refractivity contribution >= 4 is 0 Å². The van der Waals surface area contributed by atoms with Crippen molar-refractivity contribution in [2.24, 2.45) is 0 Å². The minimum absolute atomic E-state index is 0.287. The van der Waals surface area contributed by atoms with Crippen LogP contribution in [0.2, 0.25) is 0 Å². The van der Waals surface area contributed by atoms with E-state index in [0.29, 0.717) is 0 Å². The van der Waals surface area contributed by atoms with E-state index < -0.39 is 0 Å². The van der Waals surface area contributed by atoms with Crippen LogP contribution in [0, 0.1) is 6.04 Å². The molecule has 1 radical (unpaired) electrons. The van der Waals surface area contributed by atoms with Crippen molar-refractivity contribution in [3.05, 3.63) is 77.8 Å². The molecule has 2 aromatic carbocycles. The van der Waals surface area contributed by atoms with Crippen LogP contribution in [-0.2, 0) is 0 Å². The number of nitrogens with one attached hydrogen (secondary N) is 1. The van der Waals surface area contributed by atoms with Gasteiger partial charge in [-0.3, -0.25) is 5.32 Å². The highest BCUT2D eigenvalue weighted by molar-refractivity contribution is 5.32. The first-order valence-corrected chi connectivity index (χ1v) is 7.14. The summed E-state index contributed by atoms with van der Waals surface area (Å²) in [6.45, 7) is 0. The van der Waals surface area contributed by atoms with E-state index in [1.807, 2.05) is 0 Å². The van der Waals surface area contributed by atoms with E-state index in [0.717, 1.165) is 0 Å². The molecule has 1 aliphatic carbocycles. The largest absolute Gasteiger partial charge is 0.299 e. The summed E-state index contributed by atoms with van der Waals surface area (Å²) in [6, 6.07) is 23.3. The highest BCUT2D eigenvalue weighted by atomic mass is 15.0. The molecular formula is C18H20N. The van der Waals surface area contributed by atoms with E-state index >= 15 is 0 Å². The average molecular weight is 250 g/mol. The zero-order chi connectivity index (χ0) is 12.9. The maximum Gasteiger partial charge on any atom is 0.0581 e. The zero-order valence-corrected chi connectivity index (χ0v) is 11.2. The molecule has 0 aromatic heterocycles. The summed E-state index contributed by atoms with van der Waals surface area (Å²) in [5.74, 6) is 0. The van der Waals surface area contributed by atoms with E-state index in [1.54, 1.807) is 0 Å². The molecule has 0 aliphatic heterocycles. The van der Waals surface area contributed by atoms with Gasteiger partial charge in [-0.05, 0) is 24.0 Å². The van der Waals surface area contributed by atoms with Crippen molar-refractivity contribution in [2.75, 3.05) is 0 Å². The Labute approximate surface area is 115 Å². The maximum atomic E-state index is 3.77. The van der Waals surface area contributed by atoms with Crippen LogP contribution in [0.25, 0.3) is 0 Å². The summed E-state index contributed by atoms with van der Waals surface area (Å²) >= 11 is 0. The third-order valence-corrected chi connectivity index (χ3v) is 3.82. The van der Waals surface area contributed by atoms with Gasteiger partial charge in [-0.25, -0.2) is 0 Å². The predicted octanol–water partition coefficient (Wildman–Crippen LogP) is 4.47. The number of hydrogen-bond donors (Lipinski definition) is 1. The lowest BCUT2D eigenvalue weighted by atomic mass is 9.97. The van der Waals surface area contributed by atoms with Gasteiger partial charge in [0, 0.05) is 6.04 Å². The average Bonchev–Trinajstić information content (AvgIpc) is 3.00. The molecule has 1 N–H and O–H groups in total. The standard InChI is InChI=1S/C18H20N/c1-3-9-15(10-4-1)18(16-11-5-2-6-12-16)19-17-13-7-8-14-17/h1-6,9-12,18-19H,7-8,13-14H2. The molecule has 1 aliphatic rings. The Hall–Kier alpha value is -1.60. The third kappa shape index (κ3) is 3.05. The molecule has 3 rings (SSSR count). The van der Waals surface area contributed by atoms with Crippen LogP contribution in [0.3, 0.4) is 0 Å². The Morgan fingerprint density at radius 3 is 1.63 bits per heavy atom. The van der Waals surface area contributed by atoms with Gasteiger partial charge in [0.05, 0.1) is 6.04 Å². The Kier molecular flexibility index (Phi) is 3.95. The highest BCUT2D eigenvalue weighted by Gasteiger charge is 2.21. The second kappa shape index (κ2) is 6.03. The summed E-state index contributed by atoms with van der Waals surface area (Å²) < 4.78 is 0. The van der Waals surface area contributed by atoms with Gasteiger partial charge in [-0.1, -0.05) is 73.5 Å². The summed E-state index contributed by atoms with van der Waals surface area (Å²) in [7, 11) is 0. The van der Waals surface area contributed by atoms with Gasteiger partial charge >= 0.3 is 0 Å². The number of rotatable bonds is 4. The normalized spacial score (nSPS) is 16.1. The van der Waals surface area contributed by atoms with Crippen LogP contribution < -0.4 is 5.32 Å². The predicted molar refractivity (Wildman–Crippen MR) is 79.6 cm³/mol. The molecule has 1 saturated carbocycles. The lowest BCUT2D eigenvalue weighted by molar-refractivity contribution is 0.588. The van der Waals surface area contributed by atoms with Gasteiger partial charge < -0.3 is 0 Å². The van der Waals surface area contributed by atoms with E-state index in [9.17, 15) is 0 Å². The monoisotopic (exact) mass is 250 g/mol. The van der Waals surface area contributed by atoms with Crippen LogP contribution in [0.1, 0.15) is 42.9 Å². The molecule has 97 valence electrons. The van der Waals surface area contributed by atoms with Crippen molar-refractivity contribution in [1.82, 2.24) is 5.32 Å². The van der Waals surface area contributed by atoms with Gasteiger partial charge in [0.15, 0.2) is 0 Å². The second-order valence-electron chi connectivity index (χ2n) is 5.21. The van der Waals surface area contributed by atoms with Crippen LogP contribution in [-0.4, -0.2) is 0 Å². The third-order valence-electron chi connectivity index (χ3n) is 3.82. The summed E-state index contributed by atoms with van der Waals surface area (Å²) in [4.78, 5) is 0. The summed E-state index contributed by atoms with van der Waals surface area (Å²) in [6.07, 6.45) is 5.13. The van der Waals surface area contributed by atoms with Gasteiger partial charge in [-0.15, -0.1) is 0 Å². The van der Waals surface area contributed by atoms with Crippen molar-refractivity contribution in [3.8, 4) is 0 Å². The van der Waals surface area contributed by atoms with E-state index in [-0.39, 0.29) is 6.04 Å². The molecule has 1 heteroatoms. The molecule has 0 heterocycles. The van der Waals surface area contributed by atoms with Crippen LogP contribution in [0.5, 0.6) is 0 Å². The Balaban J connectivity index is 1.87. The first-order chi connectivity index (χ1) is 9.43. The fourth-order valence-corrected chi connectivity index (χ4v) is 2.80. The topological polar surface area (TPSA) is 12.0 Å². The van der Waals surface area contributed by atoms with Gasteiger partial charge in [0.25, 0.3) is 0 Å². The van der Waals surface area contributed by atoms with Crippen LogP contribution in [0.15, 0.2) is 60.7 Å². The van der Waals surface area contributed by atoms with Crippen molar-refractivity contribution in [3.63, 3.8) is 0 Å². The molecule has 19 heavy (non-hydrogen) atoms. The lowest BCUT2D eigenvalue weighted by Gasteiger charge is -2.23. The zero-order valence-electron chi connectivity index (χ0n) is 11.2. The molecule has 2 aromatic rings. The minimum Gasteiger partial charge on any atom is -0.299 e. The molecule has 0 atom stereocenters. The Morgan fingerprint density at radius 2 is 1.16 bits per heavy atom. The van der Waals surface area contributed by atoms with Crippen LogP contribution >= 0.6 is 0 Å². The highest BCUT2D eigenvalue weighted by Crippen LogP contribution is 2.30. The first kappa shape index (κ1) is 12.4. The summed E-state index contributed by atoms with van der Waals surface area (Å²) in [5, 5.41) is 3.77. The molecule has 1 fully saturated rings. The van der Waals surface area contributed by atoms with Gasteiger partial charge in [0.2, 0.25) is 0 Å². The van der Waals surface area contributed by atoms with Gasteiger partial charge in [-0.2, -0.15) is 0 Å². The fraction of sp³-hybridized carbons (Fsp3) is 0.278. The SMILES string of the molecule is c1ccc(C(N[C]2CCCC2)c2ccccc2)cc1. The summed E-state index contributed by atoms with van der Waals surface area (Å²) in [5.41, 5.74) is 2.68. The molecule has 1 nitrogen and oxygen atoms in total. The molecule has 0 bridgehead atoms. The van der Waals surface area contributed by atoms with Crippen LogP contribution in [0.4, 0.5) is 0 Å². The molecule has 0 saturated heterocycles. The number of hydrogen-bond acceptors (Lipinski definition) is 1. The maximum absolute atomic E-state index is 3.77. The lowest BCUT2D eigenvalue weighted by Crippen LogP contribution is -2.25. The van der Waals surface area contributed by atoms with E-state index in [4.69, 9.17) is 0 Å². The van der Waals surface area contributed by atoms with E-state index in [1.165, 1.54) is 42.9 Å². The molecule has 0 amide bonds. The van der Waals surface area contributed by atoms with E-state index in [2.05, 4.69) is 66.0 Å². The smallest absolute Gasteiger partial charge is 0.0581 e. The minimum atomic E-state index is 0.287. The van der Waals surface area contributed by atoms with Crippen molar-refractivity contribution in [1.29, 1.82) is 0 Å². The van der Waals surface area contributed by atoms with Gasteiger partial charge in [0.1, 0.15) is 0 Å². The van der Waals surface area contributed by atoms with Crippen molar-refractivity contribution < 1.29 is 0 Å². The molecule has 0 unspecified atom stereocenters. The Bertz CT molecular complexity index is 446. The molecular weight excluding hydrogens is 230 g/mol. The first-order valence-electron chi connectivity index (χ1n) is 7.14. The molecule has 0 spiro atoms. The second-order valence-corrected chi connectivity index (χ2v) is 5.21.